The van der Waals surface area contributed by atoms with Crippen molar-refractivity contribution in [3.05, 3.63) is 51.9 Å². The highest BCUT2D eigenvalue weighted by molar-refractivity contribution is 7.18. The maximum Gasteiger partial charge on any atom is 0.227 e. The standard InChI is InChI=1S/C25H30FN5O2S/c1-17-18(2)34-25-23(17)24(27-21(28-25)16-29-11-13-33-14-12-29)31-9-7-30(8-10-31)22(32)15-19-3-5-20(26)6-4-19/h3-6H,7-16H2,1-2H3. The van der Waals surface area contributed by atoms with Crippen LogP contribution < -0.4 is 4.90 Å². The van der Waals surface area contributed by atoms with E-state index in [9.17, 15) is 9.18 Å². The lowest BCUT2D eigenvalue weighted by Gasteiger charge is -2.36. The van der Waals surface area contributed by atoms with Crippen molar-refractivity contribution in [3.63, 3.8) is 0 Å². The van der Waals surface area contributed by atoms with E-state index in [0.29, 0.717) is 19.5 Å². The first-order valence-electron chi connectivity index (χ1n) is 11.8. The Morgan fingerprint density at radius 3 is 2.44 bits per heavy atom. The van der Waals surface area contributed by atoms with Crippen molar-refractivity contribution in [2.75, 3.05) is 57.4 Å². The number of amides is 1. The number of aryl methyl sites for hydroxylation is 2. The molecular formula is C25H30FN5O2S. The average molecular weight is 484 g/mol. The Bertz CT molecular complexity index is 1170. The Balaban J connectivity index is 1.32. The molecule has 0 aliphatic carbocycles. The van der Waals surface area contributed by atoms with Crippen LogP contribution in [0.2, 0.25) is 0 Å². The van der Waals surface area contributed by atoms with Crippen LogP contribution in [0.4, 0.5) is 10.2 Å². The minimum Gasteiger partial charge on any atom is -0.379 e. The van der Waals surface area contributed by atoms with E-state index in [1.807, 2.05) is 4.90 Å². The smallest absolute Gasteiger partial charge is 0.227 e. The second-order valence-corrected chi connectivity index (χ2v) is 10.2. The van der Waals surface area contributed by atoms with Crippen LogP contribution in [0.15, 0.2) is 24.3 Å². The van der Waals surface area contributed by atoms with E-state index in [1.54, 1.807) is 23.5 Å². The number of aromatic nitrogens is 2. The van der Waals surface area contributed by atoms with E-state index in [-0.39, 0.29) is 11.7 Å². The summed E-state index contributed by atoms with van der Waals surface area (Å²) in [4.78, 5) is 31.6. The van der Waals surface area contributed by atoms with Crippen molar-refractivity contribution in [2.24, 2.45) is 0 Å². The summed E-state index contributed by atoms with van der Waals surface area (Å²) in [5, 5.41) is 1.14. The first kappa shape index (κ1) is 23.1. The van der Waals surface area contributed by atoms with Crippen LogP contribution in [-0.2, 0) is 22.5 Å². The third-order valence-electron chi connectivity index (χ3n) is 6.73. The molecule has 2 aliphatic heterocycles. The number of nitrogens with zero attached hydrogens (tertiary/aromatic N) is 5. The molecule has 2 saturated heterocycles. The van der Waals surface area contributed by atoms with Crippen LogP contribution in [-0.4, -0.2) is 78.2 Å². The number of carbonyl (C=O) groups is 1. The van der Waals surface area contributed by atoms with Gasteiger partial charge in [-0.05, 0) is 37.1 Å². The van der Waals surface area contributed by atoms with Crippen LogP contribution in [0, 0.1) is 19.7 Å². The lowest BCUT2D eigenvalue weighted by atomic mass is 10.1. The molecule has 0 saturated carbocycles. The molecule has 0 bridgehead atoms. The maximum atomic E-state index is 13.2. The average Bonchev–Trinajstić information content (AvgIpc) is 3.14. The highest BCUT2D eigenvalue weighted by Crippen LogP contribution is 2.35. The molecule has 180 valence electrons. The molecule has 9 heteroatoms. The summed E-state index contributed by atoms with van der Waals surface area (Å²) >= 11 is 1.73. The lowest BCUT2D eigenvalue weighted by Crippen LogP contribution is -2.49. The van der Waals surface area contributed by atoms with E-state index in [0.717, 1.165) is 73.4 Å². The van der Waals surface area contributed by atoms with Gasteiger partial charge >= 0.3 is 0 Å². The third kappa shape index (κ3) is 4.92. The molecule has 2 aliphatic rings. The highest BCUT2D eigenvalue weighted by atomic mass is 32.1. The summed E-state index contributed by atoms with van der Waals surface area (Å²) < 4.78 is 18.6. The molecule has 2 aromatic heterocycles. The molecule has 5 rings (SSSR count). The van der Waals surface area contributed by atoms with Gasteiger partial charge in [-0.15, -0.1) is 11.3 Å². The molecule has 1 amide bonds. The molecule has 0 radical (unpaired) electrons. The van der Waals surface area contributed by atoms with Crippen LogP contribution in [0.3, 0.4) is 0 Å². The fourth-order valence-corrected chi connectivity index (χ4v) is 5.63. The van der Waals surface area contributed by atoms with Gasteiger partial charge in [0.25, 0.3) is 0 Å². The quantitative estimate of drug-likeness (QED) is 0.556. The van der Waals surface area contributed by atoms with Crippen LogP contribution in [0.25, 0.3) is 10.2 Å². The molecular weight excluding hydrogens is 453 g/mol. The van der Waals surface area contributed by atoms with Gasteiger partial charge in [0.05, 0.1) is 31.6 Å². The molecule has 0 unspecified atom stereocenters. The van der Waals surface area contributed by atoms with Crippen molar-refractivity contribution < 1.29 is 13.9 Å². The van der Waals surface area contributed by atoms with Gasteiger partial charge in [-0.25, -0.2) is 14.4 Å². The van der Waals surface area contributed by atoms with Gasteiger partial charge < -0.3 is 14.5 Å². The number of benzene rings is 1. The number of hydrogen-bond donors (Lipinski definition) is 0. The summed E-state index contributed by atoms with van der Waals surface area (Å²) in [6.45, 7) is 11.0. The molecule has 2 fully saturated rings. The Morgan fingerprint density at radius 2 is 1.74 bits per heavy atom. The number of hydrogen-bond acceptors (Lipinski definition) is 7. The topological polar surface area (TPSA) is 61.8 Å². The Kier molecular flexibility index (Phi) is 6.76. The number of thiophene rings is 1. The predicted octanol–water partition coefficient (Wildman–Crippen LogP) is 3.17. The van der Waals surface area contributed by atoms with E-state index < -0.39 is 0 Å². The fraction of sp³-hybridized carbons (Fsp3) is 0.480. The van der Waals surface area contributed by atoms with Gasteiger partial charge in [-0.2, -0.15) is 0 Å². The first-order valence-corrected chi connectivity index (χ1v) is 12.6. The Hall–Kier alpha value is -2.62. The van der Waals surface area contributed by atoms with Crippen LogP contribution in [0.5, 0.6) is 0 Å². The summed E-state index contributed by atoms with van der Waals surface area (Å²) in [5.74, 6) is 1.63. The molecule has 7 nitrogen and oxygen atoms in total. The zero-order chi connectivity index (χ0) is 23.7. The Morgan fingerprint density at radius 1 is 1.03 bits per heavy atom. The highest BCUT2D eigenvalue weighted by Gasteiger charge is 2.26. The van der Waals surface area contributed by atoms with Crippen molar-refractivity contribution in [1.82, 2.24) is 19.8 Å². The first-order chi connectivity index (χ1) is 16.5. The van der Waals surface area contributed by atoms with Crippen molar-refractivity contribution >= 4 is 33.3 Å². The number of fused-ring (bicyclic) bond motifs is 1. The van der Waals surface area contributed by atoms with Gasteiger partial charge in [-0.3, -0.25) is 9.69 Å². The number of carbonyl (C=O) groups excluding carboxylic acids is 1. The normalized spacial score (nSPS) is 17.5. The second-order valence-electron chi connectivity index (χ2n) is 8.99. The summed E-state index contributed by atoms with van der Waals surface area (Å²) in [7, 11) is 0. The number of rotatable bonds is 5. The van der Waals surface area contributed by atoms with E-state index in [2.05, 4.69) is 23.6 Å². The SMILES string of the molecule is Cc1sc2nc(CN3CCOCC3)nc(N3CCN(C(=O)Cc4ccc(F)cc4)CC3)c2c1C. The number of anilines is 1. The number of halogens is 1. The zero-order valence-corrected chi connectivity index (χ0v) is 20.5. The van der Waals surface area contributed by atoms with Gasteiger partial charge in [0.1, 0.15) is 22.3 Å². The van der Waals surface area contributed by atoms with E-state index in [1.165, 1.54) is 22.6 Å². The van der Waals surface area contributed by atoms with Gasteiger partial charge in [0.2, 0.25) is 5.91 Å². The second kappa shape index (κ2) is 9.93. The Labute approximate surface area is 203 Å². The maximum absolute atomic E-state index is 13.2. The van der Waals surface area contributed by atoms with E-state index >= 15 is 0 Å². The minimum absolute atomic E-state index is 0.0784. The van der Waals surface area contributed by atoms with Crippen molar-refractivity contribution in [3.8, 4) is 0 Å². The molecule has 1 aromatic carbocycles. The fourth-order valence-electron chi connectivity index (χ4n) is 4.59. The largest absolute Gasteiger partial charge is 0.379 e. The predicted molar refractivity (Wildman–Crippen MR) is 132 cm³/mol. The van der Waals surface area contributed by atoms with Gasteiger partial charge in [-0.1, -0.05) is 12.1 Å². The number of piperazine rings is 1. The summed E-state index contributed by atoms with van der Waals surface area (Å²) in [5.41, 5.74) is 2.08. The van der Waals surface area contributed by atoms with Gasteiger partial charge in [0.15, 0.2) is 0 Å². The minimum atomic E-state index is -0.284. The molecule has 0 spiro atoms. The van der Waals surface area contributed by atoms with Gasteiger partial charge in [0, 0.05) is 44.1 Å². The number of ether oxygens (including phenoxy) is 1. The monoisotopic (exact) mass is 483 g/mol. The summed E-state index contributed by atoms with van der Waals surface area (Å²) in [6.07, 6.45) is 0.296. The molecule has 0 atom stereocenters. The van der Waals surface area contributed by atoms with Crippen molar-refractivity contribution in [2.45, 2.75) is 26.8 Å². The molecule has 34 heavy (non-hydrogen) atoms. The molecule has 0 N–H and O–H groups in total. The third-order valence-corrected chi connectivity index (χ3v) is 7.83. The molecule has 3 aromatic rings. The van der Waals surface area contributed by atoms with Crippen molar-refractivity contribution in [1.29, 1.82) is 0 Å². The summed E-state index contributed by atoms with van der Waals surface area (Å²) in [6, 6.07) is 6.17. The van der Waals surface area contributed by atoms with Crippen LogP contribution in [0.1, 0.15) is 21.8 Å². The molecule has 4 heterocycles. The zero-order valence-electron chi connectivity index (χ0n) is 19.7. The van der Waals surface area contributed by atoms with E-state index in [4.69, 9.17) is 14.7 Å². The van der Waals surface area contributed by atoms with Crippen LogP contribution >= 0.6 is 11.3 Å². The number of morpholine rings is 1. The lowest BCUT2D eigenvalue weighted by molar-refractivity contribution is -0.130.